The summed E-state index contributed by atoms with van der Waals surface area (Å²) < 4.78 is 16.1. The average molecular weight is 385 g/mol. The fraction of sp³-hybridized carbons (Fsp3) is 0.111. The molecule has 10 heteroatoms. The number of H-pyrrole nitrogens is 1. The van der Waals surface area contributed by atoms with Gasteiger partial charge >= 0.3 is 17.2 Å². The molecule has 0 spiro atoms. The Morgan fingerprint density at radius 2 is 1.82 bits per heavy atom. The molecule has 0 bridgehead atoms. The van der Waals surface area contributed by atoms with Crippen LogP contribution >= 0.6 is 0 Å². The molecule has 3 rings (SSSR count). The number of carbonyl (C=O) groups excluding carboxylic acids is 2. The normalized spacial score (nSPS) is 10.4. The van der Waals surface area contributed by atoms with E-state index in [2.05, 4.69) is 10.6 Å². The molecular weight excluding hydrogens is 370 g/mol. The zero-order valence-corrected chi connectivity index (χ0v) is 14.8. The first-order valence-electron chi connectivity index (χ1n) is 7.93. The number of benzene rings is 2. The Bertz CT molecular complexity index is 1080. The third-order valence-electron chi connectivity index (χ3n) is 3.88. The number of hydrogen-bond donors (Lipinski definition) is 2. The van der Waals surface area contributed by atoms with E-state index in [1.165, 1.54) is 37.1 Å². The molecule has 0 atom stereocenters. The van der Waals surface area contributed by atoms with Crippen molar-refractivity contribution in [1.29, 1.82) is 0 Å². The van der Waals surface area contributed by atoms with Crippen molar-refractivity contribution in [2.24, 2.45) is 0 Å². The minimum atomic E-state index is -1.39. The predicted molar refractivity (Wildman–Crippen MR) is 92.7 cm³/mol. The molecule has 1 amide bonds. The molecule has 0 saturated heterocycles. The molecule has 144 valence electrons. The van der Waals surface area contributed by atoms with Crippen molar-refractivity contribution in [2.75, 3.05) is 19.5 Å². The molecule has 0 saturated carbocycles. The van der Waals surface area contributed by atoms with Crippen molar-refractivity contribution < 1.29 is 33.4 Å². The van der Waals surface area contributed by atoms with Crippen molar-refractivity contribution in [3.8, 4) is 17.2 Å². The molecule has 0 unspecified atom stereocenters. The molecule has 0 fully saturated rings. The Balaban J connectivity index is 1.94. The Morgan fingerprint density at radius 3 is 2.43 bits per heavy atom. The maximum atomic E-state index is 12.7. The minimum Gasteiger partial charge on any atom is -0.545 e. The van der Waals surface area contributed by atoms with Gasteiger partial charge in [0.1, 0.15) is 11.5 Å². The van der Waals surface area contributed by atoms with Gasteiger partial charge in [-0.05, 0) is 34.2 Å². The topological polar surface area (TPSA) is 138 Å². The van der Waals surface area contributed by atoms with Crippen LogP contribution in [0.15, 0.2) is 51.8 Å². The van der Waals surface area contributed by atoms with Crippen LogP contribution < -0.4 is 30.2 Å². The number of rotatable bonds is 6. The number of aromatic amines is 1. The molecule has 3 aromatic rings. The van der Waals surface area contributed by atoms with E-state index in [4.69, 9.17) is 14.0 Å². The van der Waals surface area contributed by atoms with Crippen LogP contribution in [0.25, 0.3) is 5.69 Å². The second-order valence-corrected chi connectivity index (χ2v) is 5.52. The van der Waals surface area contributed by atoms with Crippen LogP contribution in [-0.2, 0) is 0 Å². The molecule has 0 aliphatic heterocycles. The molecule has 2 N–H and O–H groups in total. The lowest BCUT2D eigenvalue weighted by atomic mass is 10.2. The highest BCUT2D eigenvalue weighted by Gasteiger charge is 2.31. The number of carbonyl (C=O) groups is 2. The molecular formula is C18H15N3O7. The Kier molecular flexibility index (Phi) is 5.12. The average Bonchev–Trinajstić information content (AvgIpc) is 3.09. The number of hydrogen-bond acceptors (Lipinski definition) is 7. The number of amides is 1. The van der Waals surface area contributed by atoms with Crippen LogP contribution in [0.2, 0.25) is 0 Å². The number of carboxylic acids is 1. The summed E-state index contributed by atoms with van der Waals surface area (Å²) in [6, 6.07) is 10.3. The van der Waals surface area contributed by atoms with Gasteiger partial charge in [0.15, 0.2) is 0 Å². The first kappa shape index (κ1) is 18.7. The zero-order valence-electron chi connectivity index (χ0n) is 14.8. The first-order valence-corrected chi connectivity index (χ1v) is 7.93. The first-order chi connectivity index (χ1) is 13.4. The number of ether oxygens (including phenoxy) is 2. The molecule has 10 nitrogen and oxygen atoms in total. The molecule has 0 aliphatic rings. The van der Waals surface area contributed by atoms with Gasteiger partial charge in [-0.2, -0.15) is 0 Å². The molecule has 1 heterocycles. The van der Waals surface area contributed by atoms with Gasteiger partial charge in [-0.25, -0.2) is 4.79 Å². The zero-order chi connectivity index (χ0) is 20.3. The van der Waals surface area contributed by atoms with Crippen molar-refractivity contribution in [3.05, 3.63) is 64.1 Å². The number of nitrogens with one attached hydrogen (secondary N) is 2. The molecule has 1 aromatic heterocycles. The fourth-order valence-corrected chi connectivity index (χ4v) is 2.48. The Hall–Kier alpha value is -4.08. The standard InChI is InChI=1S/C18H15N3O7/c1-26-12-6-4-11(5-7-12)21-15(18(25)28-20-21)16(22)19-13-8-3-10(17(23)24)9-14(13)27-2/h3-9H,1-2H3,(H2-,19,20,22,23,24,25). The number of aromatic nitrogens is 2. The van der Waals surface area contributed by atoms with Crippen LogP contribution in [0.1, 0.15) is 20.8 Å². The van der Waals surface area contributed by atoms with Crippen LogP contribution in [0.4, 0.5) is 5.69 Å². The molecule has 0 radical (unpaired) electrons. The summed E-state index contributed by atoms with van der Waals surface area (Å²) in [5, 5.41) is 15.8. The number of aromatic carboxylic acids is 1. The summed E-state index contributed by atoms with van der Waals surface area (Å²) in [6.07, 6.45) is 0. The Morgan fingerprint density at radius 1 is 1.11 bits per heavy atom. The molecule has 2 aromatic carbocycles. The second kappa shape index (κ2) is 7.66. The lowest BCUT2D eigenvalue weighted by Crippen LogP contribution is -2.42. The number of nitrogens with zero attached hydrogens (tertiary/aromatic N) is 1. The summed E-state index contributed by atoms with van der Waals surface area (Å²) in [5.41, 5.74) is -0.713. The van der Waals surface area contributed by atoms with E-state index in [0.717, 1.165) is 0 Å². The predicted octanol–water partition coefficient (Wildman–Crippen LogP) is -0.122. The quantitative estimate of drug-likeness (QED) is 0.564. The lowest BCUT2D eigenvalue weighted by molar-refractivity contribution is -0.672. The van der Waals surface area contributed by atoms with E-state index >= 15 is 0 Å². The van der Waals surface area contributed by atoms with Crippen molar-refractivity contribution in [2.45, 2.75) is 0 Å². The van der Waals surface area contributed by atoms with E-state index in [-0.39, 0.29) is 22.7 Å². The Labute approximate surface area is 157 Å². The summed E-state index contributed by atoms with van der Waals surface area (Å²) in [7, 11) is 2.83. The monoisotopic (exact) mass is 385 g/mol. The van der Waals surface area contributed by atoms with Crippen LogP contribution in [-0.4, -0.2) is 31.4 Å². The highest BCUT2D eigenvalue weighted by Crippen LogP contribution is 2.25. The maximum Gasteiger partial charge on any atom is 0.441 e. The van der Waals surface area contributed by atoms with E-state index in [9.17, 15) is 19.5 Å². The van der Waals surface area contributed by atoms with Gasteiger partial charge in [0, 0.05) is 17.7 Å². The maximum absolute atomic E-state index is 12.7. The highest BCUT2D eigenvalue weighted by molar-refractivity contribution is 6.03. The number of anilines is 1. The molecule has 28 heavy (non-hydrogen) atoms. The third kappa shape index (κ3) is 3.56. The fourth-order valence-electron chi connectivity index (χ4n) is 2.48. The summed E-state index contributed by atoms with van der Waals surface area (Å²) in [5.74, 6) is -1.49. The second-order valence-electron chi connectivity index (χ2n) is 5.52. The van der Waals surface area contributed by atoms with Crippen molar-refractivity contribution in [3.63, 3.8) is 0 Å². The third-order valence-corrected chi connectivity index (χ3v) is 3.88. The van der Waals surface area contributed by atoms with E-state index in [1.807, 2.05) is 0 Å². The van der Waals surface area contributed by atoms with Gasteiger partial charge in [0.25, 0.3) is 0 Å². The summed E-state index contributed by atoms with van der Waals surface area (Å²) in [4.78, 5) is 35.7. The van der Waals surface area contributed by atoms with Crippen molar-refractivity contribution in [1.82, 2.24) is 5.27 Å². The van der Waals surface area contributed by atoms with Crippen molar-refractivity contribution >= 4 is 17.6 Å². The van der Waals surface area contributed by atoms with Crippen LogP contribution in [0, 0.1) is 0 Å². The van der Waals surface area contributed by atoms with Gasteiger partial charge < -0.3 is 24.7 Å². The van der Waals surface area contributed by atoms with Gasteiger partial charge in [0.05, 0.1) is 25.9 Å². The van der Waals surface area contributed by atoms with E-state index in [1.54, 1.807) is 24.3 Å². The van der Waals surface area contributed by atoms with Gasteiger partial charge in [0.2, 0.25) is 5.69 Å². The van der Waals surface area contributed by atoms with Gasteiger partial charge in [-0.15, -0.1) is 0 Å². The summed E-state index contributed by atoms with van der Waals surface area (Å²) in [6.45, 7) is 0. The number of methoxy groups -OCH3 is 2. The SMILES string of the molecule is COc1ccc(-[n+]2[nH]oc(=O)c2C(=O)Nc2ccc(C(=O)[O-])cc2OC)cc1. The lowest BCUT2D eigenvalue weighted by Gasteiger charge is -2.11. The van der Waals surface area contributed by atoms with Gasteiger partial charge in [-0.1, -0.05) is 6.07 Å². The largest absolute Gasteiger partial charge is 0.545 e. The van der Waals surface area contributed by atoms with Gasteiger partial charge in [-0.3, -0.25) is 9.32 Å². The number of carboxylic acid groups (broad SMARTS) is 1. The molecule has 0 aliphatic carbocycles. The minimum absolute atomic E-state index is 0.0889. The summed E-state index contributed by atoms with van der Waals surface area (Å²) >= 11 is 0. The van der Waals surface area contributed by atoms with E-state index < -0.39 is 17.5 Å². The van der Waals surface area contributed by atoms with E-state index in [0.29, 0.717) is 11.4 Å². The van der Waals surface area contributed by atoms with Crippen LogP contribution in [0.5, 0.6) is 11.5 Å². The smallest absolute Gasteiger partial charge is 0.441 e. The highest BCUT2D eigenvalue weighted by atomic mass is 16.5. The van der Waals surface area contributed by atoms with Crippen LogP contribution in [0.3, 0.4) is 0 Å².